The van der Waals surface area contributed by atoms with Gasteiger partial charge in [0.1, 0.15) is 11.9 Å². The van der Waals surface area contributed by atoms with E-state index in [1.165, 1.54) is 12.8 Å². The van der Waals surface area contributed by atoms with Crippen LogP contribution in [0.3, 0.4) is 0 Å². The fourth-order valence-electron chi connectivity index (χ4n) is 4.94. The molecule has 4 nitrogen and oxygen atoms in total. The van der Waals surface area contributed by atoms with E-state index < -0.39 is 0 Å². The van der Waals surface area contributed by atoms with E-state index in [9.17, 15) is 4.79 Å². The third-order valence-corrected chi connectivity index (χ3v) is 6.65. The lowest BCUT2D eigenvalue weighted by molar-refractivity contribution is -0.157. The van der Waals surface area contributed by atoms with Crippen LogP contribution in [0.2, 0.25) is 0 Å². The monoisotopic (exact) mass is 368 g/mol. The van der Waals surface area contributed by atoms with Crippen molar-refractivity contribution < 1.29 is 9.53 Å². The van der Waals surface area contributed by atoms with Gasteiger partial charge in [0.15, 0.2) is 0 Å². The van der Waals surface area contributed by atoms with Crippen LogP contribution in [0.4, 0.5) is 0 Å². The van der Waals surface area contributed by atoms with Gasteiger partial charge in [-0.15, -0.1) is 0 Å². The molecule has 2 aliphatic rings. The molecule has 1 heterocycles. The van der Waals surface area contributed by atoms with Crippen molar-refractivity contribution in [2.45, 2.75) is 71.9 Å². The summed E-state index contributed by atoms with van der Waals surface area (Å²) in [5, 5.41) is 0. The summed E-state index contributed by atoms with van der Waals surface area (Å²) in [6.07, 6.45) is 4.41. The molecule has 2 aromatic rings. The molecule has 146 valence electrons. The number of fused-ring (bicyclic) bond motifs is 1. The number of aromatic nitrogens is 2. The topological polar surface area (TPSA) is 44.1 Å². The first-order valence-corrected chi connectivity index (χ1v) is 10.6. The molecule has 1 aromatic heterocycles. The first-order chi connectivity index (χ1) is 13.0. The maximum absolute atomic E-state index is 12.9. The van der Waals surface area contributed by atoms with Crippen LogP contribution in [0.15, 0.2) is 24.3 Å². The number of hydrogen-bond acceptors (Lipinski definition) is 3. The lowest BCUT2D eigenvalue weighted by Gasteiger charge is -2.36. The van der Waals surface area contributed by atoms with Crippen LogP contribution in [-0.4, -0.2) is 21.6 Å². The zero-order valence-electron chi connectivity index (χ0n) is 17.0. The number of carbonyl (C=O) groups is 1. The van der Waals surface area contributed by atoms with Gasteiger partial charge < -0.3 is 9.30 Å². The zero-order chi connectivity index (χ0) is 19.1. The predicted octanol–water partition coefficient (Wildman–Crippen LogP) is 5.16. The highest BCUT2D eigenvalue weighted by atomic mass is 16.5. The van der Waals surface area contributed by atoms with Gasteiger partial charge in [0.25, 0.3) is 0 Å². The Kier molecular flexibility index (Phi) is 5.00. The average molecular weight is 369 g/mol. The Hall–Kier alpha value is -1.84. The van der Waals surface area contributed by atoms with Crippen molar-refractivity contribution in [1.29, 1.82) is 0 Å². The maximum Gasteiger partial charge on any atom is 0.309 e. The van der Waals surface area contributed by atoms with Gasteiger partial charge in [0.05, 0.1) is 17.0 Å². The summed E-state index contributed by atoms with van der Waals surface area (Å²) in [6, 6.07) is 8.24. The molecule has 0 amide bonds. The molecule has 27 heavy (non-hydrogen) atoms. The number of imidazole rings is 1. The molecular weight excluding hydrogens is 336 g/mol. The number of hydrogen-bond donors (Lipinski definition) is 0. The van der Waals surface area contributed by atoms with Crippen molar-refractivity contribution in [2.75, 3.05) is 0 Å². The molecule has 4 rings (SSSR count). The summed E-state index contributed by atoms with van der Waals surface area (Å²) < 4.78 is 8.34. The van der Waals surface area contributed by atoms with Gasteiger partial charge in [-0.3, -0.25) is 4.79 Å². The Balaban J connectivity index is 1.48. The Morgan fingerprint density at radius 2 is 2.04 bits per heavy atom. The number of rotatable bonds is 5. The third-order valence-electron chi connectivity index (χ3n) is 6.65. The SMILES string of the molecule is CCn1c([C@H]2C[C@@H]2C(=O)O[C@@H]2C[C@H](C)CC[C@H]2C(C)C)nc2ccccc21. The molecule has 0 aliphatic heterocycles. The van der Waals surface area contributed by atoms with Gasteiger partial charge in [0.2, 0.25) is 0 Å². The molecule has 0 bridgehead atoms. The highest BCUT2D eigenvalue weighted by Gasteiger charge is 2.49. The number of para-hydroxylation sites is 2. The normalized spacial score (nSPS) is 30.6. The first-order valence-electron chi connectivity index (χ1n) is 10.6. The van der Waals surface area contributed by atoms with E-state index in [1.54, 1.807) is 0 Å². The zero-order valence-corrected chi connectivity index (χ0v) is 17.0. The third kappa shape index (κ3) is 3.51. The highest BCUT2D eigenvalue weighted by molar-refractivity contribution is 5.79. The van der Waals surface area contributed by atoms with Gasteiger partial charge in [-0.1, -0.05) is 39.3 Å². The van der Waals surface area contributed by atoms with Crippen LogP contribution >= 0.6 is 0 Å². The molecule has 0 spiro atoms. The molecule has 4 heteroatoms. The number of esters is 1. The molecule has 1 aromatic carbocycles. The minimum atomic E-state index is -0.0165. The predicted molar refractivity (Wildman–Crippen MR) is 107 cm³/mol. The molecular formula is C23H32N2O2. The van der Waals surface area contributed by atoms with Crippen molar-refractivity contribution in [2.24, 2.45) is 23.7 Å². The molecule has 0 unspecified atom stereocenters. The average Bonchev–Trinajstić information content (AvgIpc) is 3.35. The summed E-state index contributed by atoms with van der Waals surface area (Å²) in [6.45, 7) is 9.81. The Labute approximate surface area is 162 Å². The second-order valence-electron chi connectivity index (χ2n) is 8.95. The standard InChI is InChI=1S/C23H32N2O2/c1-5-25-20-9-7-6-8-19(20)24-22(25)17-13-18(17)23(26)27-21-12-15(4)10-11-16(21)14(2)3/h6-9,14-18,21H,5,10-13H2,1-4H3/t15-,16+,17+,18+,21-/m1/s1. The van der Waals surface area contributed by atoms with Gasteiger partial charge in [-0.2, -0.15) is 0 Å². The van der Waals surface area contributed by atoms with E-state index in [0.29, 0.717) is 17.8 Å². The van der Waals surface area contributed by atoms with Crippen LogP contribution in [0.1, 0.15) is 65.1 Å². The number of carbonyl (C=O) groups excluding carboxylic acids is 1. The van der Waals surface area contributed by atoms with Crippen LogP contribution in [-0.2, 0) is 16.1 Å². The molecule has 0 N–H and O–H groups in total. The van der Waals surface area contributed by atoms with Crippen molar-refractivity contribution in [3.63, 3.8) is 0 Å². The smallest absolute Gasteiger partial charge is 0.309 e. The summed E-state index contributed by atoms with van der Waals surface area (Å²) in [5.41, 5.74) is 2.18. The molecule has 2 saturated carbocycles. The quantitative estimate of drug-likeness (QED) is 0.684. The summed E-state index contributed by atoms with van der Waals surface area (Å²) in [7, 11) is 0. The van der Waals surface area contributed by atoms with Crippen molar-refractivity contribution in [3.05, 3.63) is 30.1 Å². The number of benzene rings is 1. The van der Waals surface area contributed by atoms with Crippen LogP contribution < -0.4 is 0 Å². The molecule has 2 aliphatic carbocycles. The number of nitrogens with zero attached hydrogens (tertiary/aromatic N) is 2. The largest absolute Gasteiger partial charge is 0.462 e. The van der Waals surface area contributed by atoms with E-state index in [0.717, 1.165) is 36.2 Å². The lowest BCUT2D eigenvalue weighted by Crippen LogP contribution is -2.36. The van der Waals surface area contributed by atoms with Gasteiger partial charge in [-0.05, 0) is 56.1 Å². The minimum Gasteiger partial charge on any atom is -0.462 e. The summed E-state index contributed by atoms with van der Waals surface area (Å²) >= 11 is 0. The molecule has 5 atom stereocenters. The van der Waals surface area contributed by atoms with E-state index in [-0.39, 0.29) is 23.9 Å². The van der Waals surface area contributed by atoms with E-state index >= 15 is 0 Å². The second kappa shape index (κ2) is 7.29. The van der Waals surface area contributed by atoms with E-state index in [2.05, 4.69) is 50.5 Å². The maximum atomic E-state index is 12.9. The van der Waals surface area contributed by atoms with Gasteiger partial charge in [-0.25, -0.2) is 4.98 Å². The summed E-state index contributed by atoms with van der Waals surface area (Å²) in [4.78, 5) is 17.7. The van der Waals surface area contributed by atoms with Crippen molar-refractivity contribution in [3.8, 4) is 0 Å². The fraction of sp³-hybridized carbons (Fsp3) is 0.652. The van der Waals surface area contributed by atoms with Crippen molar-refractivity contribution >= 4 is 17.0 Å². The first kappa shape index (κ1) is 18.5. The van der Waals surface area contributed by atoms with Gasteiger partial charge in [0, 0.05) is 12.5 Å². The fourth-order valence-corrected chi connectivity index (χ4v) is 4.94. The number of aryl methyl sites for hydroxylation is 1. The summed E-state index contributed by atoms with van der Waals surface area (Å²) in [5.74, 6) is 2.97. The Morgan fingerprint density at radius 1 is 1.26 bits per heavy atom. The van der Waals surface area contributed by atoms with Crippen molar-refractivity contribution in [1.82, 2.24) is 9.55 Å². The Bertz CT molecular complexity index is 825. The number of ether oxygens (including phenoxy) is 1. The molecule has 0 saturated heterocycles. The van der Waals surface area contributed by atoms with Crippen LogP contribution in [0.25, 0.3) is 11.0 Å². The molecule has 2 fully saturated rings. The highest BCUT2D eigenvalue weighted by Crippen LogP contribution is 2.49. The van der Waals surface area contributed by atoms with Crippen LogP contribution in [0.5, 0.6) is 0 Å². The molecule has 0 radical (unpaired) electrons. The lowest BCUT2D eigenvalue weighted by atomic mass is 9.75. The second-order valence-corrected chi connectivity index (χ2v) is 8.95. The van der Waals surface area contributed by atoms with Gasteiger partial charge >= 0.3 is 5.97 Å². The van der Waals surface area contributed by atoms with E-state index in [4.69, 9.17) is 9.72 Å². The Morgan fingerprint density at radius 3 is 2.78 bits per heavy atom. The van der Waals surface area contributed by atoms with Crippen LogP contribution in [0, 0.1) is 23.7 Å². The minimum absolute atomic E-state index is 0.000501. The van der Waals surface area contributed by atoms with E-state index in [1.807, 2.05) is 6.07 Å².